The maximum absolute atomic E-state index is 11.0. The molecule has 0 atom stereocenters. The second kappa shape index (κ2) is 5.75. The van der Waals surface area contributed by atoms with Crippen LogP contribution >= 0.6 is 0 Å². The highest BCUT2D eigenvalue weighted by atomic mass is 16.1. The molecule has 0 aliphatic rings. The zero-order valence-electron chi connectivity index (χ0n) is 8.02. The van der Waals surface area contributed by atoms with Gasteiger partial charge in [-0.05, 0) is 27.2 Å². The Balaban J connectivity index is 3.38. The van der Waals surface area contributed by atoms with E-state index in [0.717, 1.165) is 0 Å². The van der Waals surface area contributed by atoms with Gasteiger partial charge in [-0.15, -0.1) is 0 Å². The van der Waals surface area contributed by atoms with Gasteiger partial charge in [0.2, 0.25) is 5.91 Å². The quantitative estimate of drug-likeness (QED) is 0.677. The molecule has 0 unspecified atom stereocenters. The van der Waals surface area contributed by atoms with Crippen molar-refractivity contribution in [2.45, 2.75) is 46.1 Å². The molecule has 3 heteroatoms. The molecular weight excluding hydrogens is 154 g/mol. The van der Waals surface area contributed by atoms with E-state index in [-0.39, 0.29) is 17.7 Å². The van der Waals surface area contributed by atoms with E-state index < -0.39 is 0 Å². The first kappa shape index (κ1) is 11.1. The summed E-state index contributed by atoms with van der Waals surface area (Å²) in [6.45, 7) is 5.38. The van der Waals surface area contributed by atoms with E-state index in [1.807, 2.05) is 13.8 Å². The molecule has 0 aromatic rings. The summed E-state index contributed by atoms with van der Waals surface area (Å²) in [5, 5.41) is 2.77. The fourth-order valence-corrected chi connectivity index (χ4v) is 0.892. The highest BCUT2D eigenvalue weighted by molar-refractivity contribution is 5.78. The predicted octanol–water partition coefficient (Wildman–Crippen LogP) is 1.27. The number of carbonyl (C=O) groups excluding carboxylic acids is 2. The monoisotopic (exact) mass is 171 g/mol. The second-order valence-corrected chi connectivity index (χ2v) is 3.28. The van der Waals surface area contributed by atoms with Crippen LogP contribution in [-0.4, -0.2) is 17.7 Å². The molecule has 0 radical (unpaired) electrons. The van der Waals surface area contributed by atoms with Crippen LogP contribution in [0.4, 0.5) is 0 Å². The van der Waals surface area contributed by atoms with Crippen LogP contribution in [0, 0.1) is 0 Å². The Morgan fingerprint density at radius 1 is 1.25 bits per heavy atom. The Bertz CT molecular complexity index is 164. The number of Topliss-reactive ketones (excluding diaryl/α,β-unsaturated/α-hetero) is 1. The lowest BCUT2D eigenvalue weighted by Crippen LogP contribution is -2.29. The summed E-state index contributed by atoms with van der Waals surface area (Å²) in [4.78, 5) is 21.5. The van der Waals surface area contributed by atoms with Crippen molar-refractivity contribution in [1.29, 1.82) is 0 Å². The Morgan fingerprint density at radius 2 is 1.83 bits per heavy atom. The smallest absolute Gasteiger partial charge is 0.220 e. The van der Waals surface area contributed by atoms with Gasteiger partial charge in [-0.2, -0.15) is 0 Å². The van der Waals surface area contributed by atoms with Crippen molar-refractivity contribution >= 4 is 11.7 Å². The number of nitrogens with one attached hydrogen (secondary N) is 1. The van der Waals surface area contributed by atoms with Crippen LogP contribution in [0.2, 0.25) is 0 Å². The van der Waals surface area contributed by atoms with E-state index >= 15 is 0 Å². The lowest BCUT2D eigenvalue weighted by atomic mass is 10.2. The van der Waals surface area contributed by atoms with Crippen LogP contribution in [-0.2, 0) is 9.59 Å². The van der Waals surface area contributed by atoms with Gasteiger partial charge in [-0.1, -0.05) is 0 Å². The third-order valence-electron chi connectivity index (χ3n) is 1.38. The molecule has 0 aromatic heterocycles. The average Bonchev–Trinajstić information content (AvgIpc) is 1.84. The van der Waals surface area contributed by atoms with Gasteiger partial charge in [0.1, 0.15) is 5.78 Å². The van der Waals surface area contributed by atoms with E-state index in [4.69, 9.17) is 0 Å². The summed E-state index contributed by atoms with van der Waals surface area (Å²) in [5.74, 6) is 0.179. The number of rotatable bonds is 5. The molecule has 0 aliphatic heterocycles. The molecule has 1 amide bonds. The molecule has 1 N–H and O–H groups in total. The van der Waals surface area contributed by atoms with Crippen LogP contribution in [0.3, 0.4) is 0 Å². The first-order valence-corrected chi connectivity index (χ1v) is 4.31. The number of hydrogen-bond acceptors (Lipinski definition) is 2. The highest BCUT2D eigenvalue weighted by Crippen LogP contribution is 1.96. The van der Waals surface area contributed by atoms with Gasteiger partial charge < -0.3 is 10.1 Å². The van der Waals surface area contributed by atoms with Crippen LogP contribution < -0.4 is 5.32 Å². The molecule has 0 rings (SSSR count). The van der Waals surface area contributed by atoms with Gasteiger partial charge in [-0.3, -0.25) is 4.79 Å². The number of carbonyl (C=O) groups is 2. The van der Waals surface area contributed by atoms with Gasteiger partial charge >= 0.3 is 0 Å². The molecule has 12 heavy (non-hydrogen) atoms. The normalized spacial score (nSPS) is 10.0. The Hall–Kier alpha value is -0.860. The van der Waals surface area contributed by atoms with Gasteiger partial charge in [0.05, 0.1) is 0 Å². The topological polar surface area (TPSA) is 46.2 Å². The third-order valence-corrected chi connectivity index (χ3v) is 1.38. The van der Waals surface area contributed by atoms with Crippen LogP contribution in [0.25, 0.3) is 0 Å². The second-order valence-electron chi connectivity index (χ2n) is 3.28. The summed E-state index contributed by atoms with van der Waals surface area (Å²) < 4.78 is 0. The molecule has 0 bridgehead atoms. The van der Waals surface area contributed by atoms with Gasteiger partial charge in [0, 0.05) is 18.9 Å². The summed E-state index contributed by atoms with van der Waals surface area (Å²) in [7, 11) is 0. The molecule has 70 valence electrons. The molecule has 0 spiro atoms. The van der Waals surface area contributed by atoms with E-state index in [0.29, 0.717) is 19.3 Å². The van der Waals surface area contributed by atoms with Crippen molar-refractivity contribution in [3.05, 3.63) is 0 Å². The zero-order valence-corrected chi connectivity index (χ0v) is 8.02. The van der Waals surface area contributed by atoms with Gasteiger partial charge in [0.25, 0.3) is 0 Å². The minimum atomic E-state index is 0.0336. The largest absolute Gasteiger partial charge is 0.354 e. The summed E-state index contributed by atoms with van der Waals surface area (Å²) in [5.41, 5.74) is 0. The molecule has 0 heterocycles. The molecule has 0 saturated carbocycles. The maximum atomic E-state index is 11.0. The molecule has 0 saturated heterocycles. The van der Waals surface area contributed by atoms with E-state index in [9.17, 15) is 9.59 Å². The SMILES string of the molecule is CC(=O)CCCC(=O)NC(C)C. The van der Waals surface area contributed by atoms with Crippen molar-refractivity contribution in [1.82, 2.24) is 5.32 Å². The first-order chi connectivity index (χ1) is 5.52. The van der Waals surface area contributed by atoms with Gasteiger partial charge in [0.15, 0.2) is 0 Å². The maximum Gasteiger partial charge on any atom is 0.220 e. The Kier molecular flexibility index (Phi) is 5.34. The average molecular weight is 171 g/mol. The van der Waals surface area contributed by atoms with Crippen molar-refractivity contribution in [2.75, 3.05) is 0 Å². The van der Waals surface area contributed by atoms with Crippen LogP contribution in [0.15, 0.2) is 0 Å². The Labute approximate surface area is 73.5 Å². The molecule has 3 nitrogen and oxygen atoms in total. The molecule has 0 aromatic carbocycles. The minimum absolute atomic E-state index is 0.0336. The number of ketones is 1. The first-order valence-electron chi connectivity index (χ1n) is 4.31. The standard InChI is InChI=1S/C9H17NO2/c1-7(2)10-9(12)6-4-5-8(3)11/h7H,4-6H2,1-3H3,(H,10,12). The zero-order chi connectivity index (χ0) is 9.56. The fourth-order valence-electron chi connectivity index (χ4n) is 0.892. The lowest BCUT2D eigenvalue weighted by Gasteiger charge is -2.06. The minimum Gasteiger partial charge on any atom is -0.354 e. The molecule has 0 aliphatic carbocycles. The van der Waals surface area contributed by atoms with Crippen molar-refractivity contribution in [3.63, 3.8) is 0 Å². The van der Waals surface area contributed by atoms with Crippen LogP contribution in [0.5, 0.6) is 0 Å². The van der Waals surface area contributed by atoms with E-state index in [2.05, 4.69) is 5.32 Å². The van der Waals surface area contributed by atoms with Gasteiger partial charge in [-0.25, -0.2) is 0 Å². The van der Waals surface area contributed by atoms with Crippen LogP contribution in [0.1, 0.15) is 40.0 Å². The van der Waals surface area contributed by atoms with Crippen molar-refractivity contribution in [2.24, 2.45) is 0 Å². The number of amides is 1. The lowest BCUT2D eigenvalue weighted by molar-refractivity contribution is -0.121. The fraction of sp³-hybridized carbons (Fsp3) is 0.778. The predicted molar refractivity (Wildman–Crippen MR) is 47.8 cm³/mol. The summed E-state index contributed by atoms with van der Waals surface area (Å²) in [6.07, 6.45) is 1.62. The highest BCUT2D eigenvalue weighted by Gasteiger charge is 2.03. The molecular formula is C9H17NO2. The number of hydrogen-bond donors (Lipinski definition) is 1. The molecule has 0 fully saturated rings. The van der Waals surface area contributed by atoms with Crippen molar-refractivity contribution in [3.8, 4) is 0 Å². The van der Waals surface area contributed by atoms with E-state index in [1.54, 1.807) is 6.92 Å². The van der Waals surface area contributed by atoms with Crippen molar-refractivity contribution < 1.29 is 9.59 Å². The Morgan fingerprint density at radius 3 is 2.25 bits per heavy atom. The summed E-state index contributed by atoms with van der Waals surface area (Å²) >= 11 is 0. The van der Waals surface area contributed by atoms with E-state index in [1.165, 1.54) is 0 Å². The summed E-state index contributed by atoms with van der Waals surface area (Å²) in [6, 6.07) is 0.190. The third kappa shape index (κ3) is 7.25.